The van der Waals surface area contributed by atoms with Crippen LogP contribution in [0.3, 0.4) is 0 Å². The summed E-state index contributed by atoms with van der Waals surface area (Å²) in [6.07, 6.45) is 0.222. The van der Waals surface area contributed by atoms with Gasteiger partial charge in [-0.3, -0.25) is 4.79 Å². The molecule has 0 radical (unpaired) electrons. The number of carboxylic acid groups (broad SMARTS) is 1. The van der Waals surface area contributed by atoms with Gasteiger partial charge in [0.05, 0.1) is 19.8 Å². The maximum absolute atomic E-state index is 12.8. The molecule has 0 fully saturated rings. The maximum Gasteiger partial charge on any atom is 0.335 e. The summed E-state index contributed by atoms with van der Waals surface area (Å²) < 4.78 is 10.5. The van der Waals surface area contributed by atoms with Crippen LogP contribution in [0.2, 0.25) is 0 Å². The van der Waals surface area contributed by atoms with Crippen LogP contribution in [0.4, 0.5) is 5.69 Å². The number of anilines is 1. The van der Waals surface area contributed by atoms with E-state index in [2.05, 4.69) is 5.32 Å². The van der Waals surface area contributed by atoms with E-state index < -0.39 is 5.97 Å². The number of methoxy groups -OCH3 is 2. The number of hydrogen-bond acceptors (Lipinski definition) is 4. The fraction of sp³-hybridized carbons (Fsp3) is 0.167. The van der Waals surface area contributed by atoms with Gasteiger partial charge in [0.25, 0.3) is 0 Å². The van der Waals surface area contributed by atoms with Crippen molar-refractivity contribution in [2.75, 3.05) is 19.5 Å². The Balaban J connectivity index is 1.81. The molecule has 0 saturated heterocycles. The van der Waals surface area contributed by atoms with Crippen LogP contribution in [-0.4, -0.2) is 31.2 Å². The molecule has 0 atom stereocenters. The van der Waals surface area contributed by atoms with Crippen molar-refractivity contribution in [3.63, 3.8) is 0 Å². The van der Waals surface area contributed by atoms with Crippen molar-refractivity contribution >= 4 is 17.6 Å². The van der Waals surface area contributed by atoms with Crippen LogP contribution >= 0.6 is 0 Å². The van der Waals surface area contributed by atoms with Crippen LogP contribution < -0.4 is 14.8 Å². The monoisotopic (exact) mass is 405 g/mol. The minimum absolute atomic E-state index is 0.167. The quantitative estimate of drug-likeness (QED) is 0.574. The molecule has 2 N–H and O–H groups in total. The van der Waals surface area contributed by atoms with E-state index in [4.69, 9.17) is 14.6 Å². The van der Waals surface area contributed by atoms with Crippen LogP contribution in [0.25, 0.3) is 0 Å². The van der Waals surface area contributed by atoms with Crippen molar-refractivity contribution in [1.82, 2.24) is 0 Å². The summed E-state index contributed by atoms with van der Waals surface area (Å²) in [4.78, 5) is 23.7. The van der Waals surface area contributed by atoms with Gasteiger partial charge in [0, 0.05) is 18.0 Å². The van der Waals surface area contributed by atoms with Crippen molar-refractivity contribution in [3.05, 3.63) is 89.5 Å². The fourth-order valence-electron chi connectivity index (χ4n) is 3.19. The van der Waals surface area contributed by atoms with E-state index >= 15 is 0 Å². The van der Waals surface area contributed by atoms with E-state index in [-0.39, 0.29) is 23.8 Å². The third-order valence-electron chi connectivity index (χ3n) is 4.84. The Labute approximate surface area is 175 Å². The summed E-state index contributed by atoms with van der Waals surface area (Å²) in [5.74, 6) is 0.146. The van der Waals surface area contributed by atoms with Gasteiger partial charge < -0.3 is 19.9 Å². The minimum atomic E-state index is -1.01. The lowest BCUT2D eigenvalue weighted by Crippen LogP contribution is -2.16. The zero-order valence-electron chi connectivity index (χ0n) is 16.8. The van der Waals surface area contributed by atoms with E-state index in [1.807, 2.05) is 48.5 Å². The number of nitrogens with one attached hydrogen (secondary N) is 1. The van der Waals surface area contributed by atoms with Crippen molar-refractivity contribution < 1.29 is 24.2 Å². The SMILES string of the molecule is COc1ccc(C(CC(=O)Nc2ccc(C(=O)O)cc2)c2ccc(OC)cc2)cc1. The molecule has 0 aromatic heterocycles. The summed E-state index contributed by atoms with van der Waals surface area (Å²) in [6, 6.07) is 21.3. The van der Waals surface area contributed by atoms with Crippen LogP contribution in [0.15, 0.2) is 72.8 Å². The third kappa shape index (κ3) is 5.17. The van der Waals surface area contributed by atoms with E-state index in [0.29, 0.717) is 5.69 Å². The Kier molecular flexibility index (Phi) is 6.70. The van der Waals surface area contributed by atoms with Crippen molar-refractivity contribution in [3.8, 4) is 11.5 Å². The standard InChI is InChI=1S/C24H23NO5/c1-29-20-11-5-16(6-12-20)22(17-7-13-21(30-2)14-8-17)15-23(26)25-19-9-3-18(4-10-19)24(27)28/h3-14,22H,15H2,1-2H3,(H,25,26)(H,27,28). The van der Waals surface area contributed by atoms with Gasteiger partial charge in [-0.1, -0.05) is 24.3 Å². The van der Waals surface area contributed by atoms with Gasteiger partial charge in [-0.2, -0.15) is 0 Å². The molecule has 0 spiro atoms. The minimum Gasteiger partial charge on any atom is -0.497 e. The van der Waals surface area contributed by atoms with E-state index in [0.717, 1.165) is 22.6 Å². The van der Waals surface area contributed by atoms with Crippen LogP contribution in [0, 0.1) is 0 Å². The largest absolute Gasteiger partial charge is 0.497 e. The highest BCUT2D eigenvalue weighted by Crippen LogP contribution is 2.31. The molecule has 6 nitrogen and oxygen atoms in total. The zero-order chi connectivity index (χ0) is 21.5. The van der Waals surface area contributed by atoms with Gasteiger partial charge in [0.15, 0.2) is 0 Å². The molecule has 0 heterocycles. The number of carbonyl (C=O) groups excluding carboxylic acids is 1. The van der Waals surface area contributed by atoms with Gasteiger partial charge in [-0.05, 0) is 59.7 Å². The van der Waals surface area contributed by atoms with E-state index in [1.165, 1.54) is 12.1 Å². The summed E-state index contributed by atoms with van der Waals surface area (Å²) in [6.45, 7) is 0. The number of rotatable bonds is 8. The van der Waals surface area contributed by atoms with Crippen molar-refractivity contribution in [2.45, 2.75) is 12.3 Å². The normalized spacial score (nSPS) is 10.5. The Morgan fingerprint density at radius 1 is 0.800 bits per heavy atom. The van der Waals surface area contributed by atoms with E-state index in [1.54, 1.807) is 26.4 Å². The lowest BCUT2D eigenvalue weighted by Gasteiger charge is -2.19. The lowest BCUT2D eigenvalue weighted by molar-refractivity contribution is -0.116. The average Bonchev–Trinajstić information content (AvgIpc) is 2.78. The van der Waals surface area contributed by atoms with Crippen LogP contribution in [0.5, 0.6) is 11.5 Å². The van der Waals surface area contributed by atoms with Gasteiger partial charge in [0.2, 0.25) is 5.91 Å². The molecule has 30 heavy (non-hydrogen) atoms. The molecule has 6 heteroatoms. The highest BCUT2D eigenvalue weighted by Gasteiger charge is 2.19. The smallest absolute Gasteiger partial charge is 0.335 e. The second kappa shape index (κ2) is 9.60. The molecular weight excluding hydrogens is 382 g/mol. The van der Waals surface area contributed by atoms with Crippen molar-refractivity contribution in [2.24, 2.45) is 0 Å². The van der Waals surface area contributed by atoms with Gasteiger partial charge in [0.1, 0.15) is 11.5 Å². The molecule has 0 aliphatic carbocycles. The zero-order valence-corrected chi connectivity index (χ0v) is 16.8. The number of ether oxygens (including phenoxy) is 2. The Bertz CT molecular complexity index is 948. The van der Waals surface area contributed by atoms with Crippen LogP contribution in [-0.2, 0) is 4.79 Å². The maximum atomic E-state index is 12.8. The fourth-order valence-corrected chi connectivity index (χ4v) is 3.19. The Morgan fingerprint density at radius 3 is 1.67 bits per heavy atom. The van der Waals surface area contributed by atoms with Gasteiger partial charge in [-0.15, -0.1) is 0 Å². The number of amides is 1. The Hall–Kier alpha value is -3.80. The second-order valence-corrected chi connectivity index (χ2v) is 6.73. The molecule has 0 saturated carbocycles. The third-order valence-corrected chi connectivity index (χ3v) is 4.84. The summed E-state index contributed by atoms with van der Waals surface area (Å²) in [7, 11) is 3.22. The van der Waals surface area contributed by atoms with Crippen LogP contribution in [0.1, 0.15) is 33.8 Å². The number of hydrogen-bond donors (Lipinski definition) is 2. The van der Waals surface area contributed by atoms with Gasteiger partial charge in [-0.25, -0.2) is 4.79 Å². The second-order valence-electron chi connectivity index (χ2n) is 6.73. The van der Waals surface area contributed by atoms with E-state index in [9.17, 15) is 9.59 Å². The summed E-state index contributed by atoms with van der Waals surface area (Å²) in [5, 5.41) is 11.8. The first-order valence-corrected chi connectivity index (χ1v) is 9.41. The molecule has 0 bridgehead atoms. The molecule has 154 valence electrons. The number of carbonyl (C=O) groups is 2. The summed E-state index contributed by atoms with van der Waals surface area (Å²) in [5.41, 5.74) is 2.69. The molecular formula is C24H23NO5. The van der Waals surface area contributed by atoms with Gasteiger partial charge >= 0.3 is 5.97 Å². The molecule has 0 unspecified atom stereocenters. The molecule has 1 amide bonds. The molecule has 3 rings (SSSR count). The lowest BCUT2D eigenvalue weighted by atomic mass is 9.88. The molecule has 0 aliphatic heterocycles. The summed E-state index contributed by atoms with van der Waals surface area (Å²) >= 11 is 0. The number of carboxylic acids is 1. The predicted molar refractivity (Wildman–Crippen MR) is 114 cm³/mol. The number of benzene rings is 3. The topological polar surface area (TPSA) is 84.9 Å². The number of aromatic carboxylic acids is 1. The molecule has 0 aliphatic rings. The molecule has 3 aromatic rings. The Morgan fingerprint density at radius 2 is 1.27 bits per heavy atom. The first-order valence-electron chi connectivity index (χ1n) is 9.41. The average molecular weight is 405 g/mol. The highest BCUT2D eigenvalue weighted by molar-refractivity contribution is 5.93. The molecule has 3 aromatic carbocycles. The predicted octanol–water partition coefficient (Wildman–Crippen LogP) is 4.56. The first-order chi connectivity index (χ1) is 14.5. The first kappa shape index (κ1) is 20.9. The highest BCUT2D eigenvalue weighted by atomic mass is 16.5. The van der Waals surface area contributed by atoms with Crippen molar-refractivity contribution in [1.29, 1.82) is 0 Å².